The second kappa shape index (κ2) is 6.33. The highest BCUT2D eigenvalue weighted by molar-refractivity contribution is 8.15. The van der Waals surface area contributed by atoms with Gasteiger partial charge in [-0.05, 0) is 12.5 Å². The van der Waals surface area contributed by atoms with Gasteiger partial charge < -0.3 is 10.4 Å². The third-order valence-electron chi connectivity index (χ3n) is 2.62. The zero-order chi connectivity index (χ0) is 14.5. The predicted molar refractivity (Wildman–Crippen MR) is 77.9 cm³/mol. The molecule has 0 aliphatic carbocycles. The first-order chi connectivity index (χ1) is 9.56. The second-order valence-electron chi connectivity index (χ2n) is 4.15. The van der Waals surface area contributed by atoms with E-state index in [-0.39, 0.29) is 12.3 Å². The lowest BCUT2D eigenvalue weighted by Crippen LogP contribution is -2.26. The number of nitrogens with zero attached hydrogens (tertiary/aromatic N) is 2. The highest BCUT2D eigenvalue weighted by Crippen LogP contribution is 2.22. The Kier molecular flexibility index (Phi) is 4.52. The number of amides is 1. The lowest BCUT2D eigenvalue weighted by atomic mass is 10.1. The molecule has 1 amide bonds. The Morgan fingerprint density at radius 3 is 2.75 bits per heavy atom. The number of benzene rings is 1. The van der Waals surface area contributed by atoms with E-state index in [2.05, 4.69) is 15.5 Å². The number of nitrogens with one attached hydrogen (secondary N) is 1. The van der Waals surface area contributed by atoms with Crippen molar-refractivity contribution in [2.75, 3.05) is 0 Å². The van der Waals surface area contributed by atoms with Crippen LogP contribution in [0.1, 0.15) is 18.9 Å². The molecule has 0 spiro atoms. The zero-order valence-electron chi connectivity index (χ0n) is 10.7. The SMILES string of the molecule is C/C(=N\N=C1NC(=O)[C@@H](CC(=O)O)S1)c1ccccc1. The Labute approximate surface area is 120 Å². The van der Waals surface area contributed by atoms with Crippen LogP contribution in [0.2, 0.25) is 0 Å². The number of carbonyl (C=O) groups is 2. The molecule has 0 unspecified atom stereocenters. The average molecular weight is 291 g/mol. The lowest BCUT2D eigenvalue weighted by molar-refractivity contribution is -0.138. The Bertz CT molecular complexity index is 584. The summed E-state index contributed by atoms with van der Waals surface area (Å²) in [5.41, 5.74) is 1.66. The van der Waals surface area contributed by atoms with E-state index in [0.717, 1.165) is 23.0 Å². The number of carbonyl (C=O) groups excluding carboxylic acids is 1. The van der Waals surface area contributed by atoms with E-state index in [4.69, 9.17) is 5.11 Å². The fourth-order valence-corrected chi connectivity index (χ4v) is 2.51. The molecule has 104 valence electrons. The topological polar surface area (TPSA) is 91.1 Å². The fraction of sp³-hybridized carbons (Fsp3) is 0.231. The summed E-state index contributed by atoms with van der Waals surface area (Å²) in [6, 6.07) is 9.53. The maximum absolute atomic E-state index is 11.5. The van der Waals surface area contributed by atoms with Crippen LogP contribution in [0.5, 0.6) is 0 Å². The zero-order valence-corrected chi connectivity index (χ0v) is 11.6. The number of amidine groups is 1. The van der Waals surface area contributed by atoms with Crippen LogP contribution in [0.25, 0.3) is 0 Å². The molecule has 2 N–H and O–H groups in total. The van der Waals surface area contributed by atoms with Gasteiger partial charge in [0.05, 0.1) is 12.1 Å². The molecule has 1 aromatic rings. The van der Waals surface area contributed by atoms with Gasteiger partial charge in [-0.3, -0.25) is 9.59 Å². The van der Waals surface area contributed by atoms with Crippen molar-refractivity contribution in [1.82, 2.24) is 5.32 Å². The molecule has 1 saturated heterocycles. The number of thioether (sulfide) groups is 1. The number of carboxylic acids is 1. The van der Waals surface area contributed by atoms with Crippen LogP contribution >= 0.6 is 11.8 Å². The van der Waals surface area contributed by atoms with Crippen molar-refractivity contribution in [1.29, 1.82) is 0 Å². The molecule has 0 radical (unpaired) electrons. The summed E-state index contributed by atoms with van der Waals surface area (Å²) in [4.78, 5) is 22.1. The third-order valence-corrected chi connectivity index (χ3v) is 3.69. The van der Waals surface area contributed by atoms with Gasteiger partial charge in [-0.2, -0.15) is 5.10 Å². The van der Waals surface area contributed by atoms with Crippen LogP contribution < -0.4 is 5.32 Å². The summed E-state index contributed by atoms with van der Waals surface area (Å²) in [5, 5.41) is 18.9. The molecule has 1 heterocycles. The number of hydrogen-bond donors (Lipinski definition) is 2. The molecule has 7 heteroatoms. The second-order valence-corrected chi connectivity index (χ2v) is 5.34. The molecule has 2 rings (SSSR count). The first-order valence-corrected chi connectivity index (χ1v) is 6.81. The first-order valence-electron chi connectivity index (χ1n) is 5.93. The number of rotatable bonds is 4. The molecule has 1 aliphatic rings. The van der Waals surface area contributed by atoms with Crippen LogP contribution in [0.15, 0.2) is 40.5 Å². The van der Waals surface area contributed by atoms with Gasteiger partial charge in [0, 0.05) is 0 Å². The molecule has 1 atom stereocenters. The molecule has 0 bridgehead atoms. The molecule has 1 aromatic carbocycles. The first kappa shape index (κ1) is 14.3. The quantitative estimate of drug-likeness (QED) is 0.649. The van der Waals surface area contributed by atoms with Gasteiger partial charge in [0.15, 0.2) is 5.17 Å². The van der Waals surface area contributed by atoms with Gasteiger partial charge in [0.25, 0.3) is 0 Å². The van der Waals surface area contributed by atoms with Crippen molar-refractivity contribution in [2.45, 2.75) is 18.6 Å². The summed E-state index contributed by atoms with van der Waals surface area (Å²) >= 11 is 1.09. The van der Waals surface area contributed by atoms with Gasteiger partial charge in [0.1, 0.15) is 5.25 Å². The molecule has 0 aromatic heterocycles. The van der Waals surface area contributed by atoms with Crippen molar-refractivity contribution in [3.05, 3.63) is 35.9 Å². The minimum Gasteiger partial charge on any atom is -0.481 e. The number of hydrogen-bond acceptors (Lipinski definition) is 5. The molecule has 1 aliphatic heterocycles. The number of aliphatic carboxylic acids is 1. The van der Waals surface area contributed by atoms with Gasteiger partial charge in [-0.25, -0.2) is 0 Å². The smallest absolute Gasteiger partial charge is 0.305 e. The summed E-state index contributed by atoms with van der Waals surface area (Å²) in [6.07, 6.45) is -0.225. The standard InChI is InChI=1S/C13H13N3O3S/c1-8(9-5-3-2-4-6-9)15-16-13-14-12(19)10(20-13)7-11(17)18/h2-6,10H,7H2,1H3,(H,17,18)(H,14,16,19)/b15-8+/t10-/m1/s1. The maximum Gasteiger partial charge on any atom is 0.305 e. The van der Waals surface area contributed by atoms with E-state index in [1.54, 1.807) is 0 Å². The molecule has 20 heavy (non-hydrogen) atoms. The van der Waals surface area contributed by atoms with Crippen LogP contribution in [-0.2, 0) is 9.59 Å². The van der Waals surface area contributed by atoms with E-state index in [1.807, 2.05) is 37.3 Å². The third kappa shape index (κ3) is 3.67. The predicted octanol–water partition coefficient (Wildman–Crippen LogP) is 1.47. The minimum absolute atomic E-state index is 0.225. The Balaban J connectivity index is 2.06. The summed E-state index contributed by atoms with van der Waals surface area (Å²) in [7, 11) is 0. The Morgan fingerprint density at radius 2 is 2.10 bits per heavy atom. The summed E-state index contributed by atoms with van der Waals surface area (Å²) < 4.78 is 0. The van der Waals surface area contributed by atoms with Crippen molar-refractivity contribution in [3.63, 3.8) is 0 Å². The molecular formula is C13H13N3O3S. The molecular weight excluding hydrogens is 278 g/mol. The lowest BCUT2D eigenvalue weighted by Gasteiger charge is -1.98. The molecule has 6 nitrogen and oxygen atoms in total. The van der Waals surface area contributed by atoms with Gasteiger partial charge in [-0.15, -0.1) is 5.10 Å². The van der Waals surface area contributed by atoms with E-state index >= 15 is 0 Å². The maximum atomic E-state index is 11.5. The van der Waals surface area contributed by atoms with Gasteiger partial charge in [-0.1, -0.05) is 42.1 Å². The van der Waals surface area contributed by atoms with E-state index in [9.17, 15) is 9.59 Å². The van der Waals surface area contributed by atoms with E-state index < -0.39 is 11.2 Å². The highest BCUT2D eigenvalue weighted by Gasteiger charge is 2.32. The molecule has 1 fully saturated rings. The summed E-state index contributed by atoms with van der Waals surface area (Å²) in [6.45, 7) is 1.82. The minimum atomic E-state index is -1.01. The van der Waals surface area contributed by atoms with Crippen LogP contribution in [0.4, 0.5) is 0 Å². The summed E-state index contributed by atoms with van der Waals surface area (Å²) in [5.74, 6) is -1.36. The normalized spacial score (nSPS) is 21.1. The van der Waals surface area contributed by atoms with Crippen molar-refractivity contribution in [2.24, 2.45) is 10.2 Å². The van der Waals surface area contributed by atoms with E-state index in [1.165, 1.54) is 0 Å². The Hall–Kier alpha value is -2.15. The Morgan fingerprint density at radius 1 is 1.40 bits per heavy atom. The van der Waals surface area contributed by atoms with Gasteiger partial charge in [0.2, 0.25) is 5.91 Å². The van der Waals surface area contributed by atoms with Crippen molar-refractivity contribution in [3.8, 4) is 0 Å². The van der Waals surface area contributed by atoms with Crippen LogP contribution in [0, 0.1) is 0 Å². The largest absolute Gasteiger partial charge is 0.481 e. The van der Waals surface area contributed by atoms with Crippen molar-refractivity contribution >= 4 is 34.5 Å². The highest BCUT2D eigenvalue weighted by atomic mass is 32.2. The van der Waals surface area contributed by atoms with Crippen molar-refractivity contribution < 1.29 is 14.7 Å². The fourth-order valence-electron chi connectivity index (χ4n) is 1.60. The number of carboxylic acid groups (broad SMARTS) is 1. The molecule has 0 saturated carbocycles. The average Bonchev–Trinajstić information content (AvgIpc) is 2.77. The van der Waals surface area contributed by atoms with E-state index in [0.29, 0.717) is 5.17 Å². The monoisotopic (exact) mass is 291 g/mol. The van der Waals surface area contributed by atoms with Gasteiger partial charge >= 0.3 is 5.97 Å². The van der Waals surface area contributed by atoms with Crippen LogP contribution in [-0.4, -0.2) is 33.1 Å². The van der Waals surface area contributed by atoms with Crippen LogP contribution in [0.3, 0.4) is 0 Å².